The quantitative estimate of drug-likeness (QED) is 0.907. The molecule has 0 radical (unpaired) electrons. The molecule has 1 aromatic heterocycles. The number of nitrogens with one attached hydrogen (secondary N) is 1. The summed E-state index contributed by atoms with van der Waals surface area (Å²) < 4.78 is 5.45. The molecule has 0 saturated carbocycles. The van der Waals surface area contributed by atoms with Crippen LogP contribution in [0.3, 0.4) is 0 Å². The molecule has 2 heterocycles. The molecule has 5 nitrogen and oxygen atoms in total. The maximum absolute atomic E-state index is 12.2. The van der Waals surface area contributed by atoms with Gasteiger partial charge in [-0.15, -0.1) is 0 Å². The van der Waals surface area contributed by atoms with Crippen molar-refractivity contribution in [3.05, 3.63) is 36.0 Å². The Morgan fingerprint density at radius 3 is 2.92 bits per heavy atom. The van der Waals surface area contributed by atoms with E-state index in [0.29, 0.717) is 6.54 Å². The number of fused-ring (bicyclic) bond motifs is 1. The summed E-state index contributed by atoms with van der Waals surface area (Å²) >= 11 is 0. The van der Waals surface area contributed by atoms with E-state index in [9.17, 15) is 4.79 Å². The number of hydrogen-bond donors (Lipinski definition) is 1. The smallest absolute Gasteiger partial charge is 0.410 e. The van der Waals surface area contributed by atoms with E-state index in [1.807, 2.05) is 33.0 Å². The molecule has 1 amide bonds. The molecule has 1 saturated heterocycles. The van der Waals surface area contributed by atoms with Crippen molar-refractivity contribution in [3.8, 4) is 0 Å². The first-order valence-corrected chi connectivity index (χ1v) is 8.42. The molecule has 2 aromatic rings. The number of pyridine rings is 1. The minimum absolute atomic E-state index is 0.231. The molecule has 128 valence electrons. The van der Waals surface area contributed by atoms with E-state index in [4.69, 9.17) is 4.74 Å². The predicted molar refractivity (Wildman–Crippen MR) is 96.3 cm³/mol. The van der Waals surface area contributed by atoms with Crippen molar-refractivity contribution in [2.45, 2.75) is 45.8 Å². The van der Waals surface area contributed by atoms with Gasteiger partial charge in [0.2, 0.25) is 0 Å². The normalized spacial score (nSPS) is 18.0. The Balaban J connectivity index is 1.66. The number of anilines is 1. The summed E-state index contributed by atoms with van der Waals surface area (Å²) in [6, 6.07) is 8.50. The second-order valence-corrected chi connectivity index (χ2v) is 7.42. The van der Waals surface area contributed by atoms with Gasteiger partial charge in [0.25, 0.3) is 0 Å². The average Bonchev–Trinajstić information content (AvgIpc) is 2.94. The molecule has 1 aliphatic heterocycles. The van der Waals surface area contributed by atoms with Crippen molar-refractivity contribution in [2.75, 3.05) is 18.4 Å². The highest BCUT2D eigenvalue weighted by Crippen LogP contribution is 2.24. The standard InChI is InChI=1S/C19H25N3O2/c1-13-10-16(11-14-6-5-8-20-17(13)14)21-15-7-9-22(12-15)18(23)24-19(2,3)4/h5-6,8,10-11,15,21H,7,9,12H2,1-4H3/t15-/m1/s1. The first kappa shape index (κ1) is 16.6. The van der Waals surface area contributed by atoms with E-state index in [1.54, 1.807) is 4.90 Å². The van der Waals surface area contributed by atoms with Crippen LogP contribution < -0.4 is 5.32 Å². The third-order valence-corrected chi connectivity index (χ3v) is 4.11. The Morgan fingerprint density at radius 1 is 1.38 bits per heavy atom. The van der Waals surface area contributed by atoms with Crippen molar-refractivity contribution in [1.29, 1.82) is 0 Å². The van der Waals surface area contributed by atoms with E-state index < -0.39 is 5.60 Å². The summed E-state index contributed by atoms with van der Waals surface area (Å²) in [7, 11) is 0. The SMILES string of the molecule is Cc1cc(N[C@@H]2CCN(C(=O)OC(C)(C)C)C2)cc2cccnc12. The third-order valence-electron chi connectivity index (χ3n) is 4.11. The van der Waals surface area contributed by atoms with Gasteiger partial charge in [-0.3, -0.25) is 4.98 Å². The van der Waals surface area contributed by atoms with Crippen LogP contribution in [0.5, 0.6) is 0 Å². The lowest BCUT2D eigenvalue weighted by Gasteiger charge is -2.24. The summed E-state index contributed by atoms with van der Waals surface area (Å²) in [5.74, 6) is 0. The van der Waals surface area contributed by atoms with Crippen LogP contribution in [-0.2, 0) is 4.74 Å². The molecule has 1 atom stereocenters. The van der Waals surface area contributed by atoms with Crippen LogP contribution in [0, 0.1) is 6.92 Å². The van der Waals surface area contributed by atoms with Crippen LogP contribution in [-0.4, -0.2) is 40.7 Å². The second kappa shape index (κ2) is 6.30. The molecule has 5 heteroatoms. The highest BCUT2D eigenvalue weighted by atomic mass is 16.6. The summed E-state index contributed by atoms with van der Waals surface area (Å²) in [5.41, 5.74) is 2.80. The fraction of sp³-hybridized carbons (Fsp3) is 0.474. The number of amides is 1. The Kier molecular flexibility index (Phi) is 4.35. The number of hydrogen-bond acceptors (Lipinski definition) is 4. The van der Waals surface area contributed by atoms with Gasteiger partial charge in [0, 0.05) is 36.4 Å². The third kappa shape index (κ3) is 3.78. The van der Waals surface area contributed by atoms with Gasteiger partial charge >= 0.3 is 6.09 Å². The van der Waals surface area contributed by atoms with Gasteiger partial charge in [-0.2, -0.15) is 0 Å². The molecule has 0 spiro atoms. The lowest BCUT2D eigenvalue weighted by molar-refractivity contribution is 0.0293. The van der Waals surface area contributed by atoms with Crippen LogP contribution >= 0.6 is 0 Å². The molecule has 1 aromatic carbocycles. The van der Waals surface area contributed by atoms with Gasteiger partial charge in [0.15, 0.2) is 0 Å². The minimum atomic E-state index is -0.453. The maximum atomic E-state index is 12.2. The Bertz CT molecular complexity index is 752. The van der Waals surface area contributed by atoms with Crippen LogP contribution in [0.15, 0.2) is 30.5 Å². The Morgan fingerprint density at radius 2 is 2.17 bits per heavy atom. The molecular weight excluding hydrogens is 302 g/mol. The molecule has 1 fully saturated rings. The monoisotopic (exact) mass is 327 g/mol. The number of nitrogens with zero attached hydrogens (tertiary/aromatic N) is 2. The largest absolute Gasteiger partial charge is 0.444 e. The molecule has 24 heavy (non-hydrogen) atoms. The van der Waals surface area contributed by atoms with Gasteiger partial charge in [0.05, 0.1) is 5.52 Å². The van der Waals surface area contributed by atoms with Gasteiger partial charge in [-0.05, 0) is 57.9 Å². The summed E-state index contributed by atoms with van der Waals surface area (Å²) in [6.07, 6.45) is 2.51. The number of aryl methyl sites for hydroxylation is 1. The number of carbonyl (C=O) groups is 1. The number of benzene rings is 1. The van der Waals surface area contributed by atoms with Crippen molar-refractivity contribution < 1.29 is 9.53 Å². The molecule has 1 N–H and O–H groups in total. The average molecular weight is 327 g/mol. The van der Waals surface area contributed by atoms with Gasteiger partial charge in [-0.25, -0.2) is 4.79 Å². The summed E-state index contributed by atoms with van der Waals surface area (Å²) in [4.78, 5) is 18.4. The lowest BCUT2D eigenvalue weighted by Crippen LogP contribution is -2.36. The van der Waals surface area contributed by atoms with Gasteiger partial charge in [-0.1, -0.05) is 6.07 Å². The molecule has 0 aliphatic carbocycles. The fourth-order valence-corrected chi connectivity index (χ4v) is 3.06. The van der Waals surface area contributed by atoms with E-state index in [2.05, 4.69) is 35.4 Å². The van der Waals surface area contributed by atoms with Crippen LogP contribution in [0.1, 0.15) is 32.8 Å². The molecule has 1 aliphatic rings. The first-order chi connectivity index (χ1) is 11.3. The predicted octanol–water partition coefficient (Wildman–Crippen LogP) is 3.96. The van der Waals surface area contributed by atoms with Crippen molar-refractivity contribution in [3.63, 3.8) is 0 Å². The van der Waals surface area contributed by atoms with Gasteiger partial charge < -0.3 is 15.0 Å². The molecule has 0 unspecified atom stereocenters. The maximum Gasteiger partial charge on any atom is 0.410 e. The Labute approximate surface area is 143 Å². The van der Waals surface area contributed by atoms with Crippen LogP contribution in [0.2, 0.25) is 0 Å². The molecule has 0 bridgehead atoms. The number of aromatic nitrogens is 1. The summed E-state index contributed by atoms with van der Waals surface area (Å²) in [6.45, 7) is 9.13. The molecule has 3 rings (SSSR count). The van der Waals surface area contributed by atoms with Crippen molar-refractivity contribution >= 4 is 22.7 Å². The number of ether oxygens (including phenoxy) is 1. The number of carbonyl (C=O) groups excluding carboxylic acids is 1. The van der Waals surface area contributed by atoms with Crippen LogP contribution in [0.4, 0.5) is 10.5 Å². The molecular formula is C19H25N3O2. The van der Waals surface area contributed by atoms with Crippen molar-refractivity contribution in [1.82, 2.24) is 9.88 Å². The van der Waals surface area contributed by atoms with E-state index in [1.165, 1.54) is 0 Å². The van der Waals surface area contributed by atoms with E-state index in [0.717, 1.165) is 35.1 Å². The summed E-state index contributed by atoms with van der Waals surface area (Å²) in [5, 5.41) is 4.67. The first-order valence-electron chi connectivity index (χ1n) is 8.42. The minimum Gasteiger partial charge on any atom is -0.444 e. The van der Waals surface area contributed by atoms with Crippen LogP contribution in [0.25, 0.3) is 10.9 Å². The zero-order valence-corrected chi connectivity index (χ0v) is 14.8. The second-order valence-electron chi connectivity index (χ2n) is 7.42. The lowest BCUT2D eigenvalue weighted by atomic mass is 10.1. The zero-order chi connectivity index (χ0) is 17.3. The van der Waals surface area contributed by atoms with E-state index in [-0.39, 0.29) is 12.1 Å². The zero-order valence-electron chi connectivity index (χ0n) is 14.8. The highest BCUT2D eigenvalue weighted by molar-refractivity contribution is 5.85. The van der Waals surface area contributed by atoms with Crippen molar-refractivity contribution in [2.24, 2.45) is 0 Å². The highest BCUT2D eigenvalue weighted by Gasteiger charge is 2.29. The number of rotatable bonds is 2. The fourth-order valence-electron chi connectivity index (χ4n) is 3.06. The van der Waals surface area contributed by atoms with Gasteiger partial charge in [0.1, 0.15) is 5.60 Å². The Hall–Kier alpha value is -2.30. The van der Waals surface area contributed by atoms with E-state index >= 15 is 0 Å². The topological polar surface area (TPSA) is 54.5 Å². The number of likely N-dealkylation sites (tertiary alicyclic amines) is 1.